The topological polar surface area (TPSA) is 52.2 Å². The van der Waals surface area contributed by atoms with Gasteiger partial charge in [-0.15, -0.1) is 0 Å². The third-order valence-electron chi connectivity index (χ3n) is 4.59. The Morgan fingerprint density at radius 1 is 1.08 bits per heavy atom. The van der Waals surface area contributed by atoms with Gasteiger partial charge in [0.15, 0.2) is 5.43 Å². The van der Waals surface area contributed by atoms with E-state index in [4.69, 9.17) is 0 Å². The quantitative estimate of drug-likeness (QED) is 0.797. The average Bonchev–Trinajstić information content (AvgIpc) is 2.64. The molecule has 1 fully saturated rings. The van der Waals surface area contributed by atoms with E-state index in [1.807, 2.05) is 24.4 Å². The summed E-state index contributed by atoms with van der Waals surface area (Å²) >= 11 is 0. The van der Waals surface area contributed by atoms with Gasteiger partial charge in [-0.3, -0.25) is 9.69 Å². The summed E-state index contributed by atoms with van der Waals surface area (Å²) in [5.74, 6) is 0.611. The molecule has 1 aliphatic heterocycles. The van der Waals surface area contributed by atoms with Crippen LogP contribution in [0.1, 0.15) is 5.69 Å². The molecule has 0 spiro atoms. The second-order valence-corrected chi connectivity index (χ2v) is 6.30. The predicted octanol–water partition coefficient (Wildman–Crippen LogP) is 2.38. The highest BCUT2D eigenvalue weighted by molar-refractivity contribution is 5.78. The van der Waals surface area contributed by atoms with Gasteiger partial charge < -0.3 is 9.88 Å². The molecule has 3 aromatic rings. The number of nitrogens with one attached hydrogen (secondary N) is 1. The van der Waals surface area contributed by atoms with E-state index in [2.05, 4.69) is 19.8 Å². The first kappa shape index (κ1) is 15.8. The predicted molar refractivity (Wildman–Crippen MR) is 96.3 cm³/mol. The Morgan fingerprint density at radius 2 is 1.92 bits per heavy atom. The van der Waals surface area contributed by atoms with Crippen molar-refractivity contribution in [2.45, 2.75) is 6.54 Å². The lowest BCUT2D eigenvalue weighted by Gasteiger charge is -2.35. The van der Waals surface area contributed by atoms with Gasteiger partial charge in [0, 0.05) is 61.6 Å². The van der Waals surface area contributed by atoms with Gasteiger partial charge in [-0.05, 0) is 30.3 Å². The fourth-order valence-corrected chi connectivity index (χ4v) is 3.28. The molecule has 0 amide bonds. The van der Waals surface area contributed by atoms with Crippen molar-refractivity contribution in [1.29, 1.82) is 0 Å². The van der Waals surface area contributed by atoms with Crippen LogP contribution in [0.2, 0.25) is 0 Å². The highest BCUT2D eigenvalue weighted by Crippen LogP contribution is 2.15. The van der Waals surface area contributed by atoms with E-state index in [1.54, 1.807) is 12.1 Å². The number of H-pyrrole nitrogens is 1. The van der Waals surface area contributed by atoms with Crippen LogP contribution < -0.4 is 10.3 Å². The molecule has 0 atom stereocenters. The average molecular weight is 338 g/mol. The second kappa shape index (κ2) is 6.64. The molecule has 1 aliphatic rings. The highest BCUT2D eigenvalue weighted by atomic mass is 19.1. The maximum absolute atomic E-state index is 13.3. The van der Waals surface area contributed by atoms with Gasteiger partial charge in [0.2, 0.25) is 0 Å². The molecule has 5 nitrogen and oxygen atoms in total. The normalized spacial score (nSPS) is 15.6. The van der Waals surface area contributed by atoms with Crippen LogP contribution in [0.15, 0.2) is 53.5 Å². The van der Waals surface area contributed by atoms with Crippen LogP contribution >= 0.6 is 0 Å². The zero-order chi connectivity index (χ0) is 17.2. The Labute approximate surface area is 144 Å². The fraction of sp³-hybridized carbons (Fsp3) is 0.263. The molecule has 0 radical (unpaired) electrons. The van der Waals surface area contributed by atoms with E-state index in [0.29, 0.717) is 17.4 Å². The third-order valence-corrected chi connectivity index (χ3v) is 4.59. The van der Waals surface area contributed by atoms with Crippen LogP contribution in [0.3, 0.4) is 0 Å². The SMILES string of the molecule is O=c1cc(CN2CCN(c3ccccn3)CC2)[nH]c2ccc(F)cc12. The summed E-state index contributed by atoms with van der Waals surface area (Å²) < 4.78 is 13.3. The Bertz CT molecular complexity index is 933. The molecule has 1 N–H and O–H groups in total. The molecule has 0 aliphatic carbocycles. The summed E-state index contributed by atoms with van der Waals surface area (Å²) in [4.78, 5) is 24.4. The number of halogens is 1. The van der Waals surface area contributed by atoms with Crippen molar-refractivity contribution in [3.05, 3.63) is 70.4 Å². The fourth-order valence-electron chi connectivity index (χ4n) is 3.28. The van der Waals surface area contributed by atoms with Crippen LogP contribution in [0.4, 0.5) is 10.2 Å². The summed E-state index contributed by atoms with van der Waals surface area (Å²) in [7, 11) is 0. The molecule has 0 saturated carbocycles. The molecule has 3 heterocycles. The van der Waals surface area contributed by atoms with Gasteiger partial charge >= 0.3 is 0 Å². The van der Waals surface area contributed by atoms with E-state index in [0.717, 1.165) is 37.7 Å². The number of fused-ring (bicyclic) bond motifs is 1. The molecule has 0 bridgehead atoms. The van der Waals surface area contributed by atoms with Crippen molar-refractivity contribution in [3.8, 4) is 0 Å². The summed E-state index contributed by atoms with van der Waals surface area (Å²) in [6.45, 7) is 4.29. The van der Waals surface area contributed by atoms with E-state index in [9.17, 15) is 9.18 Å². The summed E-state index contributed by atoms with van der Waals surface area (Å²) in [5.41, 5.74) is 1.39. The number of nitrogens with zero attached hydrogens (tertiary/aromatic N) is 3. The standard InChI is InChI=1S/C19H19FN4O/c20-14-4-5-17-16(11-14)18(25)12-15(22-17)13-23-7-9-24(10-8-23)19-3-1-2-6-21-19/h1-6,11-12H,7-10,13H2,(H,22,25). The molecule has 4 rings (SSSR count). The first-order valence-electron chi connectivity index (χ1n) is 8.39. The van der Waals surface area contributed by atoms with Crippen molar-refractivity contribution in [1.82, 2.24) is 14.9 Å². The maximum atomic E-state index is 13.3. The number of piperazine rings is 1. The Kier molecular flexibility index (Phi) is 4.19. The van der Waals surface area contributed by atoms with Crippen molar-refractivity contribution in [2.75, 3.05) is 31.1 Å². The Morgan fingerprint density at radius 3 is 2.68 bits per heavy atom. The molecule has 6 heteroatoms. The van der Waals surface area contributed by atoms with Gasteiger partial charge in [0.1, 0.15) is 11.6 Å². The van der Waals surface area contributed by atoms with Crippen molar-refractivity contribution < 1.29 is 4.39 Å². The lowest BCUT2D eigenvalue weighted by Crippen LogP contribution is -2.46. The molecule has 128 valence electrons. The van der Waals surface area contributed by atoms with E-state index >= 15 is 0 Å². The smallest absolute Gasteiger partial charge is 0.189 e. The molecule has 1 aromatic carbocycles. The van der Waals surface area contributed by atoms with Gasteiger partial charge in [-0.2, -0.15) is 0 Å². The maximum Gasteiger partial charge on any atom is 0.189 e. The lowest BCUT2D eigenvalue weighted by molar-refractivity contribution is 0.247. The number of aromatic nitrogens is 2. The number of anilines is 1. The van der Waals surface area contributed by atoms with Crippen LogP contribution in [0.25, 0.3) is 10.9 Å². The van der Waals surface area contributed by atoms with Crippen LogP contribution in [-0.2, 0) is 6.54 Å². The minimum absolute atomic E-state index is 0.143. The van der Waals surface area contributed by atoms with Crippen molar-refractivity contribution in [3.63, 3.8) is 0 Å². The molecular weight excluding hydrogens is 319 g/mol. The van der Waals surface area contributed by atoms with Crippen LogP contribution in [0.5, 0.6) is 0 Å². The molecular formula is C19H19FN4O. The molecule has 25 heavy (non-hydrogen) atoms. The first-order valence-corrected chi connectivity index (χ1v) is 8.39. The Balaban J connectivity index is 1.46. The minimum atomic E-state index is -0.392. The van der Waals surface area contributed by atoms with Crippen LogP contribution in [0, 0.1) is 5.82 Å². The zero-order valence-electron chi connectivity index (χ0n) is 13.8. The largest absolute Gasteiger partial charge is 0.357 e. The zero-order valence-corrected chi connectivity index (χ0v) is 13.8. The van der Waals surface area contributed by atoms with Gasteiger partial charge in [-0.1, -0.05) is 6.07 Å². The number of pyridine rings is 2. The van der Waals surface area contributed by atoms with Gasteiger partial charge in [0.05, 0.1) is 0 Å². The van der Waals surface area contributed by atoms with E-state index in [1.165, 1.54) is 12.1 Å². The van der Waals surface area contributed by atoms with Crippen molar-refractivity contribution in [2.24, 2.45) is 0 Å². The first-order chi connectivity index (χ1) is 12.2. The lowest BCUT2D eigenvalue weighted by atomic mass is 10.2. The summed E-state index contributed by atoms with van der Waals surface area (Å²) in [6.07, 6.45) is 1.81. The summed E-state index contributed by atoms with van der Waals surface area (Å²) in [6, 6.07) is 11.8. The number of hydrogen-bond acceptors (Lipinski definition) is 4. The highest BCUT2D eigenvalue weighted by Gasteiger charge is 2.18. The molecule has 2 aromatic heterocycles. The van der Waals surface area contributed by atoms with E-state index < -0.39 is 5.82 Å². The Hall–Kier alpha value is -2.73. The number of hydrogen-bond donors (Lipinski definition) is 1. The summed E-state index contributed by atoms with van der Waals surface area (Å²) in [5, 5.41) is 0.392. The van der Waals surface area contributed by atoms with Crippen molar-refractivity contribution >= 4 is 16.7 Å². The van der Waals surface area contributed by atoms with Crippen LogP contribution in [-0.4, -0.2) is 41.0 Å². The third kappa shape index (κ3) is 3.39. The minimum Gasteiger partial charge on any atom is -0.357 e. The number of aromatic amines is 1. The van der Waals surface area contributed by atoms with Gasteiger partial charge in [0.25, 0.3) is 0 Å². The number of benzene rings is 1. The number of rotatable bonds is 3. The van der Waals surface area contributed by atoms with Gasteiger partial charge in [-0.25, -0.2) is 9.37 Å². The molecule has 1 saturated heterocycles. The second-order valence-electron chi connectivity index (χ2n) is 6.30. The monoisotopic (exact) mass is 338 g/mol. The van der Waals surface area contributed by atoms with E-state index in [-0.39, 0.29) is 5.43 Å². The molecule has 0 unspecified atom stereocenters.